The van der Waals surface area contributed by atoms with E-state index in [0.29, 0.717) is 12.1 Å². The van der Waals surface area contributed by atoms with E-state index in [1.54, 1.807) is 18.2 Å². The highest BCUT2D eigenvalue weighted by molar-refractivity contribution is 7.10. The lowest BCUT2D eigenvalue weighted by atomic mass is 10.1. The van der Waals surface area contributed by atoms with Crippen molar-refractivity contribution >= 4 is 29.2 Å². The second kappa shape index (κ2) is 10.4. The van der Waals surface area contributed by atoms with Crippen LogP contribution in [-0.2, 0) is 11.2 Å². The van der Waals surface area contributed by atoms with Crippen molar-refractivity contribution in [2.75, 3.05) is 6.54 Å². The maximum Gasteiger partial charge on any atom is 0.267 e. The molecule has 0 unspecified atom stereocenters. The molecule has 1 aromatic heterocycles. The topological polar surface area (TPSA) is 58.2 Å². The summed E-state index contributed by atoms with van der Waals surface area (Å²) in [6, 6.07) is 21.3. The Kier molecular flexibility index (Phi) is 7.36. The molecule has 3 aromatic rings. The third kappa shape index (κ3) is 6.43. The Hall–Kier alpha value is -3.18. The normalized spacial score (nSPS) is 11.1. The molecule has 0 spiro atoms. The third-order valence-electron chi connectivity index (χ3n) is 4.37. The summed E-state index contributed by atoms with van der Waals surface area (Å²) in [7, 11) is 0. The highest BCUT2D eigenvalue weighted by atomic mass is 32.1. The van der Waals surface area contributed by atoms with Crippen LogP contribution in [0, 0.1) is 6.92 Å². The van der Waals surface area contributed by atoms with Gasteiger partial charge in [-0.3, -0.25) is 9.59 Å². The van der Waals surface area contributed by atoms with Crippen LogP contribution in [0.2, 0.25) is 0 Å². The van der Waals surface area contributed by atoms with Crippen molar-refractivity contribution in [2.45, 2.75) is 19.8 Å². The summed E-state index contributed by atoms with van der Waals surface area (Å²) in [6.45, 7) is 2.47. The molecule has 1 heterocycles. The highest BCUT2D eigenvalue weighted by Crippen LogP contribution is 2.13. The fourth-order valence-corrected chi connectivity index (χ4v) is 3.55. The number of hydrogen-bond acceptors (Lipinski definition) is 3. The molecule has 0 aliphatic rings. The largest absolute Gasteiger partial charge is 0.351 e. The van der Waals surface area contributed by atoms with E-state index in [9.17, 15) is 9.59 Å². The fourth-order valence-electron chi connectivity index (χ4n) is 2.89. The zero-order valence-electron chi connectivity index (χ0n) is 16.4. The predicted molar refractivity (Wildman–Crippen MR) is 119 cm³/mol. The van der Waals surface area contributed by atoms with Crippen LogP contribution in [0.3, 0.4) is 0 Å². The van der Waals surface area contributed by atoms with Gasteiger partial charge >= 0.3 is 0 Å². The van der Waals surface area contributed by atoms with Gasteiger partial charge in [0.15, 0.2) is 0 Å². The number of carbonyl (C=O) groups excluding carboxylic acids is 2. The molecule has 3 rings (SSSR count). The molecule has 0 bridgehead atoms. The summed E-state index contributed by atoms with van der Waals surface area (Å²) in [5.41, 5.74) is 3.01. The second-order valence-electron chi connectivity index (χ2n) is 6.74. The van der Waals surface area contributed by atoms with Crippen LogP contribution in [0.1, 0.15) is 32.8 Å². The number of benzene rings is 2. The van der Waals surface area contributed by atoms with Gasteiger partial charge in [0, 0.05) is 17.0 Å². The molecule has 0 aliphatic heterocycles. The van der Waals surface area contributed by atoms with E-state index in [-0.39, 0.29) is 17.5 Å². The van der Waals surface area contributed by atoms with Gasteiger partial charge in [-0.05, 0) is 55.0 Å². The summed E-state index contributed by atoms with van der Waals surface area (Å²) in [6.07, 6.45) is 3.43. The Labute approximate surface area is 175 Å². The summed E-state index contributed by atoms with van der Waals surface area (Å²) in [5.74, 6) is -0.580. The predicted octanol–water partition coefficient (Wildman–Crippen LogP) is 4.58. The first-order valence-electron chi connectivity index (χ1n) is 9.57. The summed E-state index contributed by atoms with van der Waals surface area (Å²) >= 11 is 1.51. The fraction of sp³-hybridized carbons (Fsp3) is 0.167. The van der Waals surface area contributed by atoms with E-state index in [1.165, 1.54) is 16.9 Å². The second-order valence-corrected chi connectivity index (χ2v) is 7.72. The van der Waals surface area contributed by atoms with Crippen LogP contribution < -0.4 is 10.6 Å². The molecular formula is C24H24N2O2S. The van der Waals surface area contributed by atoms with Crippen molar-refractivity contribution in [3.05, 3.63) is 99.4 Å². The van der Waals surface area contributed by atoms with Crippen LogP contribution in [0.15, 0.2) is 77.8 Å². The van der Waals surface area contributed by atoms with Gasteiger partial charge in [0.25, 0.3) is 11.8 Å². The molecule has 29 heavy (non-hydrogen) atoms. The monoisotopic (exact) mass is 404 g/mol. The van der Waals surface area contributed by atoms with Crippen molar-refractivity contribution in [3.8, 4) is 0 Å². The number of thiophene rings is 1. The lowest BCUT2D eigenvalue weighted by Crippen LogP contribution is -2.35. The molecule has 148 valence electrons. The Morgan fingerprint density at radius 1 is 1.00 bits per heavy atom. The molecule has 2 aromatic carbocycles. The van der Waals surface area contributed by atoms with Gasteiger partial charge in [0.1, 0.15) is 5.70 Å². The molecule has 2 amide bonds. The lowest BCUT2D eigenvalue weighted by molar-refractivity contribution is -0.117. The van der Waals surface area contributed by atoms with Crippen LogP contribution in [0.5, 0.6) is 0 Å². The molecule has 0 aliphatic carbocycles. The van der Waals surface area contributed by atoms with Crippen LogP contribution >= 0.6 is 11.3 Å². The van der Waals surface area contributed by atoms with Crippen molar-refractivity contribution in [1.29, 1.82) is 0 Å². The smallest absolute Gasteiger partial charge is 0.267 e. The van der Waals surface area contributed by atoms with E-state index >= 15 is 0 Å². The van der Waals surface area contributed by atoms with E-state index in [0.717, 1.165) is 23.3 Å². The average molecular weight is 405 g/mol. The maximum absolute atomic E-state index is 12.7. The van der Waals surface area contributed by atoms with E-state index in [4.69, 9.17) is 0 Å². The summed E-state index contributed by atoms with van der Waals surface area (Å²) in [5, 5.41) is 7.62. The lowest BCUT2D eigenvalue weighted by Gasteiger charge is -2.11. The van der Waals surface area contributed by atoms with E-state index in [2.05, 4.69) is 22.8 Å². The first kappa shape index (κ1) is 20.6. The van der Waals surface area contributed by atoms with E-state index < -0.39 is 0 Å². The van der Waals surface area contributed by atoms with Crippen LogP contribution in [0.4, 0.5) is 0 Å². The van der Waals surface area contributed by atoms with Gasteiger partial charge in [0.2, 0.25) is 0 Å². The summed E-state index contributed by atoms with van der Waals surface area (Å²) < 4.78 is 0. The number of amides is 2. The number of aryl methyl sites for hydroxylation is 2. The number of nitrogens with one attached hydrogen (secondary N) is 2. The molecule has 0 fully saturated rings. The Morgan fingerprint density at radius 2 is 1.83 bits per heavy atom. The summed E-state index contributed by atoms with van der Waals surface area (Å²) in [4.78, 5) is 26.3. The van der Waals surface area contributed by atoms with Crippen molar-refractivity contribution < 1.29 is 9.59 Å². The Morgan fingerprint density at radius 3 is 2.55 bits per heavy atom. The highest BCUT2D eigenvalue weighted by Gasteiger charge is 2.14. The first-order chi connectivity index (χ1) is 14.1. The molecule has 0 radical (unpaired) electrons. The number of carbonyl (C=O) groups is 2. The quantitative estimate of drug-likeness (QED) is 0.427. The van der Waals surface area contributed by atoms with Crippen molar-refractivity contribution in [1.82, 2.24) is 10.6 Å². The van der Waals surface area contributed by atoms with Gasteiger partial charge in [-0.15, -0.1) is 11.3 Å². The molecule has 2 N–H and O–H groups in total. The zero-order valence-corrected chi connectivity index (χ0v) is 17.2. The van der Waals surface area contributed by atoms with Crippen LogP contribution in [-0.4, -0.2) is 18.4 Å². The maximum atomic E-state index is 12.7. The zero-order chi connectivity index (χ0) is 20.5. The average Bonchev–Trinajstić information content (AvgIpc) is 3.24. The minimum absolute atomic E-state index is 0.249. The first-order valence-corrected chi connectivity index (χ1v) is 10.4. The van der Waals surface area contributed by atoms with Gasteiger partial charge < -0.3 is 10.6 Å². The molecule has 0 saturated heterocycles. The molecular weight excluding hydrogens is 380 g/mol. The molecule has 5 heteroatoms. The minimum Gasteiger partial charge on any atom is -0.351 e. The standard InChI is InChI=1S/C24H24N2O2S/c1-18-8-5-12-20(16-18)23(27)26-22(17-21-13-7-15-29-21)24(28)25-14-6-11-19-9-3-2-4-10-19/h2-5,7-10,12-13,15-17H,6,11,14H2,1H3,(H,25,28)(H,26,27)/b22-17-. The molecule has 4 nitrogen and oxygen atoms in total. The third-order valence-corrected chi connectivity index (χ3v) is 5.19. The van der Waals surface area contributed by atoms with Gasteiger partial charge in [-0.25, -0.2) is 0 Å². The SMILES string of the molecule is Cc1cccc(C(=O)N/C(=C\c2cccs2)C(=O)NCCCc2ccccc2)c1. The Bertz CT molecular complexity index is 979. The van der Waals surface area contributed by atoms with Crippen molar-refractivity contribution in [2.24, 2.45) is 0 Å². The van der Waals surface area contributed by atoms with Gasteiger partial charge in [-0.2, -0.15) is 0 Å². The van der Waals surface area contributed by atoms with Crippen molar-refractivity contribution in [3.63, 3.8) is 0 Å². The molecule has 0 saturated carbocycles. The van der Waals surface area contributed by atoms with Crippen LogP contribution in [0.25, 0.3) is 6.08 Å². The van der Waals surface area contributed by atoms with Gasteiger partial charge in [0.05, 0.1) is 0 Å². The Balaban J connectivity index is 1.63. The number of hydrogen-bond donors (Lipinski definition) is 2. The van der Waals surface area contributed by atoms with E-state index in [1.807, 2.05) is 54.8 Å². The molecule has 0 atom stereocenters. The van der Waals surface area contributed by atoms with Gasteiger partial charge in [-0.1, -0.05) is 54.1 Å². The minimum atomic E-state index is -0.295. The number of rotatable bonds is 8.